The number of nitrogens with zero attached hydrogens (tertiary/aromatic N) is 4. The number of fused-ring (bicyclic) bond motifs is 8. The fraction of sp³-hybridized carbons (Fsp3) is 0. The molecule has 0 saturated carbocycles. The highest BCUT2D eigenvalue weighted by Crippen LogP contribution is 2.41. The van der Waals surface area contributed by atoms with E-state index in [0.717, 1.165) is 49.8 Å². The highest BCUT2D eigenvalue weighted by Gasteiger charge is 2.20. The van der Waals surface area contributed by atoms with Crippen LogP contribution in [0.5, 0.6) is 0 Å². The van der Waals surface area contributed by atoms with E-state index < -0.39 is 0 Å². The first-order valence-corrected chi connectivity index (χ1v) is 19.7. The predicted octanol–water partition coefficient (Wildman–Crippen LogP) is 14.0. The quantitative estimate of drug-likeness (QED) is 0.176. The van der Waals surface area contributed by atoms with Crippen molar-refractivity contribution in [3.05, 3.63) is 206 Å². The summed E-state index contributed by atoms with van der Waals surface area (Å²) in [7, 11) is 0. The summed E-state index contributed by atoms with van der Waals surface area (Å²) >= 11 is 0. The molecule has 12 rings (SSSR count). The van der Waals surface area contributed by atoms with Crippen molar-refractivity contribution in [2.45, 2.75) is 0 Å². The van der Waals surface area contributed by atoms with Crippen molar-refractivity contribution < 1.29 is 0 Å². The Morgan fingerprint density at radius 2 is 0.948 bits per heavy atom. The van der Waals surface area contributed by atoms with Crippen LogP contribution >= 0.6 is 0 Å². The van der Waals surface area contributed by atoms with E-state index in [9.17, 15) is 0 Å². The summed E-state index contributed by atoms with van der Waals surface area (Å²) in [6, 6.07) is 73.8. The Morgan fingerprint density at radius 3 is 1.79 bits per heavy atom. The molecule has 3 heterocycles. The fourth-order valence-corrected chi connectivity index (χ4v) is 9.04. The van der Waals surface area contributed by atoms with E-state index in [1.54, 1.807) is 0 Å². The molecule has 4 heteroatoms. The normalized spacial score (nSPS) is 11.8. The first-order chi connectivity index (χ1) is 28.8. The molecule has 0 aliphatic carbocycles. The SMILES string of the molecule is c1ccc(-n2c3ccccc3c3c(-c4ccc5c6ccccc6n(-c6nc(-c7ccc(-c8ccc9ccccc9c8)cc7)c7ccccc7n6)c5c4)cccc32)cc1. The molecule has 3 aromatic heterocycles. The van der Waals surface area contributed by atoms with Crippen LogP contribution in [-0.2, 0) is 0 Å². The molecular weight excluding hydrogens is 705 g/mol. The van der Waals surface area contributed by atoms with Crippen molar-refractivity contribution in [1.29, 1.82) is 0 Å². The molecule has 9 aromatic carbocycles. The molecular formula is C54H34N4. The molecule has 0 unspecified atom stereocenters. The zero-order chi connectivity index (χ0) is 38.2. The van der Waals surface area contributed by atoms with Gasteiger partial charge in [-0.05, 0) is 81.6 Å². The number of aromatic nitrogens is 4. The first kappa shape index (κ1) is 32.4. The van der Waals surface area contributed by atoms with Crippen LogP contribution in [0.3, 0.4) is 0 Å². The van der Waals surface area contributed by atoms with Gasteiger partial charge < -0.3 is 4.57 Å². The molecule has 0 aliphatic heterocycles. The minimum atomic E-state index is 0.648. The van der Waals surface area contributed by atoms with Gasteiger partial charge in [0.1, 0.15) is 0 Å². The van der Waals surface area contributed by atoms with Crippen molar-refractivity contribution in [3.63, 3.8) is 0 Å². The third kappa shape index (κ3) is 5.02. The molecule has 0 bridgehead atoms. The van der Waals surface area contributed by atoms with Gasteiger partial charge in [0.15, 0.2) is 0 Å². The average molecular weight is 739 g/mol. The van der Waals surface area contributed by atoms with Crippen LogP contribution in [0, 0.1) is 0 Å². The van der Waals surface area contributed by atoms with Gasteiger partial charge >= 0.3 is 0 Å². The lowest BCUT2D eigenvalue weighted by molar-refractivity contribution is 1.01. The minimum absolute atomic E-state index is 0.648. The number of benzene rings is 9. The van der Waals surface area contributed by atoms with Gasteiger partial charge in [-0.2, -0.15) is 0 Å². The molecule has 0 amide bonds. The summed E-state index contributed by atoms with van der Waals surface area (Å²) in [5, 5.41) is 8.30. The van der Waals surface area contributed by atoms with E-state index in [4.69, 9.17) is 9.97 Å². The summed E-state index contributed by atoms with van der Waals surface area (Å²) in [5.41, 5.74) is 13.2. The number of para-hydroxylation sites is 4. The number of rotatable bonds is 5. The van der Waals surface area contributed by atoms with Crippen LogP contribution in [-0.4, -0.2) is 19.1 Å². The topological polar surface area (TPSA) is 35.6 Å². The maximum atomic E-state index is 5.44. The smallest absolute Gasteiger partial charge is 0.235 e. The molecule has 58 heavy (non-hydrogen) atoms. The zero-order valence-corrected chi connectivity index (χ0v) is 31.4. The van der Waals surface area contributed by atoms with Crippen LogP contribution < -0.4 is 0 Å². The Hall–Kier alpha value is -7.82. The Morgan fingerprint density at radius 1 is 0.328 bits per heavy atom. The third-order valence-corrected chi connectivity index (χ3v) is 11.7. The van der Waals surface area contributed by atoms with Gasteiger partial charge in [-0.15, -0.1) is 0 Å². The Labute approximate surface area is 334 Å². The van der Waals surface area contributed by atoms with Gasteiger partial charge in [-0.1, -0.05) is 158 Å². The van der Waals surface area contributed by atoms with Crippen LogP contribution in [0.4, 0.5) is 0 Å². The maximum absolute atomic E-state index is 5.44. The number of hydrogen-bond acceptors (Lipinski definition) is 2. The molecule has 0 radical (unpaired) electrons. The van der Waals surface area contributed by atoms with Crippen LogP contribution in [0.15, 0.2) is 206 Å². The second-order valence-electron chi connectivity index (χ2n) is 15.0. The highest BCUT2D eigenvalue weighted by molar-refractivity contribution is 6.17. The highest BCUT2D eigenvalue weighted by atomic mass is 15.2. The molecule has 0 aliphatic rings. The monoisotopic (exact) mass is 738 g/mol. The molecule has 0 N–H and O–H groups in total. The van der Waals surface area contributed by atoms with Gasteiger partial charge in [0, 0.05) is 38.2 Å². The van der Waals surface area contributed by atoms with Crippen molar-refractivity contribution in [2.75, 3.05) is 0 Å². The predicted molar refractivity (Wildman–Crippen MR) is 242 cm³/mol. The standard InChI is InChI=1S/C54H34N4/c1-2-15-41(16-3-1)57-49-23-11-8-19-46(49)52-42(20-12-24-50(52)57)40-31-32-44-43-17-7-10-22-48(43)58(51(44)34-40)54-55-47-21-9-6-18-45(47)53(56-54)37-28-25-36(26-29-37)39-30-27-35-13-4-5-14-38(35)33-39/h1-34H. The second kappa shape index (κ2) is 12.9. The van der Waals surface area contributed by atoms with E-state index in [2.05, 4.69) is 215 Å². The Bertz CT molecular complexity index is 3560. The van der Waals surface area contributed by atoms with E-state index in [1.807, 2.05) is 0 Å². The van der Waals surface area contributed by atoms with Gasteiger partial charge in [0.25, 0.3) is 0 Å². The third-order valence-electron chi connectivity index (χ3n) is 11.7. The lowest BCUT2D eigenvalue weighted by Crippen LogP contribution is -2.03. The van der Waals surface area contributed by atoms with Crippen LogP contribution in [0.25, 0.3) is 110 Å². The van der Waals surface area contributed by atoms with Crippen LogP contribution in [0.1, 0.15) is 0 Å². The first-order valence-electron chi connectivity index (χ1n) is 19.7. The average Bonchev–Trinajstić information content (AvgIpc) is 3.81. The van der Waals surface area contributed by atoms with Crippen molar-refractivity contribution in [1.82, 2.24) is 19.1 Å². The van der Waals surface area contributed by atoms with Gasteiger partial charge in [-0.3, -0.25) is 4.57 Å². The number of hydrogen-bond donors (Lipinski definition) is 0. The summed E-state index contributed by atoms with van der Waals surface area (Å²) in [6.07, 6.45) is 0. The van der Waals surface area contributed by atoms with Gasteiger partial charge in [0.05, 0.1) is 33.3 Å². The molecule has 0 atom stereocenters. The Kier molecular flexibility index (Phi) is 7.20. The van der Waals surface area contributed by atoms with Gasteiger partial charge in [-0.25, -0.2) is 9.97 Å². The minimum Gasteiger partial charge on any atom is -0.309 e. The maximum Gasteiger partial charge on any atom is 0.235 e. The molecule has 4 nitrogen and oxygen atoms in total. The zero-order valence-electron chi connectivity index (χ0n) is 31.4. The lowest BCUT2D eigenvalue weighted by atomic mass is 9.98. The second-order valence-corrected chi connectivity index (χ2v) is 15.0. The molecule has 0 fully saturated rings. The fourth-order valence-electron chi connectivity index (χ4n) is 9.04. The van der Waals surface area contributed by atoms with Gasteiger partial charge in [0.2, 0.25) is 5.95 Å². The summed E-state index contributed by atoms with van der Waals surface area (Å²) in [4.78, 5) is 10.7. The van der Waals surface area contributed by atoms with E-state index in [0.29, 0.717) is 5.95 Å². The van der Waals surface area contributed by atoms with E-state index >= 15 is 0 Å². The van der Waals surface area contributed by atoms with Crippen LogP contribution in [0.2, 0.25) is 0 Å². The van der Waals surface area contributed by atoms with E-state index in [-0.39, 0.29) is 0 Å². The Balaban J connectivity index is 1.05. The van der Waals surface area contributed by atoms with Crippen molar-refractivity contribution in [3.8, 4) is 45.1 Å². The summed E-state index contributed by atoms with van der Waals surface area (Å²) in [5.74, 6) is 0.648. The molecule has 12 aromatic rings. The lowest BCUT2D eigenvalue weighted by Gasteiger charge is -2.13. The van der Waals surface area contributed by atoms with Crippen molar-refractivity contribution >= 4 is 65.3 Å². The molecule has 0 spiro atoms. The molecule has 270 valence electrons. The van der Waals surface area contributed by atoms with Crippen molar-refractivity contribution in [2.24, 2.45) is 0 Å². The molecule has 0 saturated heterocycles. The van der Waals surface area contributed by atoms with E-state index in [1.165, 1.54) is 54.7 Å². The summed E-state index contributed by atoms with van der Waals surface area (Å²) in [6.45, 7) is 0. The summed E-state index contributed by atoms with van der Waals surface area (Å²) < 4.78 is 4.63. The largest absolute Gasteiger partial charge is 0.309 e.